The summed E-state index contributed by atoms with van der Waals surface area (Å²) in [6.45, 7) is -0.646. The highest BCUT2D eigenvalue weighted by Crippen LogP contribution is 2.34. The molecule has 0 unspecified atom stereocenters. The Labute approximate surface area is 178 Å². The number of urea groups is 1. The van der Waals surface area contributed by atoms with E-state index in [0.717, 1.165) is 41.2 Å². The van der Waals surface area contributed by atoms with E-state index in [2.05, 4.69) is 10.3 Å². The van der Waals surface area contributed by atoms with E-state index in [1.165, 1.54) is 6.20 Å². The van der Waals surface area contributed by atoms with E-state index in [4.69, 9.17) is 0 Å². The van der Waals surface area contributed by atoms with Crippen molar-refractivity contribution in [3.63, 3.8) is 0 Å². The number of aromatic nitrogens is 1. The summed E-state index contributed by atoms with van der Waals surface area (Å²) in [6.07, 6.45) is 5.23. The zero-order chi connectivity index (χ0) is 22.0. The van der Waals surface area contributed by atoms with Crippen molar-refractivity contribution in [2.45, 2.75) is 44.2 Å². The molecule has 0 atom stereocenters. The normalized spacial score (nSPS) is 17.7. The third kappa shape index (κ3) is 4.12. The number of carbonyl (C=O) groups is 3. The lowest BCUT2D eigenvalue weighted by Crippen LogP contribution is -2.49. The summed E-state index contributed by atoms with van der Waals surface area (Å²) >= 11 is 0. The SMILES string of the molecule is O=C1NC2(CCCCC2)C(=O)N1CC(=O)N(Cc1ccccn1)c1ccc(F)cc1F. The Morgan fingerprint density at radius 2 is 1.90 bits per heavy atom. The summed E-state index contributed by atoms with van der Waals surface area (Å²) in [4.78, 5) is 44.8. The van der Waals surface area contributed by atoms with Crippen LogP contribution in [0.3, 0.4) is 0 Å². The Bertz CT molecular complexity index is 1010. The summed E-state index contributed by atoms with van der Waals surface area (Å²) in [5.41, 5.74) is -0.639. The number of amides is 4. The highest BCUT2D eigenvalue weighted by atomic mass is 19.1. The number of carbonyl (C=O) groups excluding carboxylic acids is 3. The molecule has 4 rings (SSSR count). The highest BCUT2D eigenvalue weighted by molar-refractivity contribution is 6.10. The van der Waals surface area contributed by atoms with Crippen LogP contribution in [0.4, 0.5) is 19.3 Å². The van der Waals surface area contributed by atoms with Gasteiger partial charge in [0.1, 0.15) is 23.7 Å². The van der Waals surface area contributed by atoms with Crippen LogP contribution in [0.5, 0.6) is 0 Å². The van der Waals surface area contributed by atoms with Gasteiger partial charge >= 0.3 is 6.03 Å². The number of nitrogens with one attached hydrogen (secondary N) is 1. The fourth-order valence-electron chi connectivity index (χ4n) is 4.20. The maximum absolute atomic E-state index is 14.5. The molecule has 1 spiro atoms. The summed E-state index contributed by atoms with van der Waals surface area (Å²) in [7, 11) is 0. The van der Waals surface area contributed by atoms with E-state index < -0.39 is 41.6 Å². The number of rotatable bonds is 5. The topological polar surface area (TPSA) is 82.6 Å². The van der Waals surface area contributed by atoms with E-state index in [0.29, 0.717) is 24.6 Å². The monoisotopic (exact) mass is 428 g/mol. The standard InChI is InChI=1S/C22H22F2N4O3/c23-15-7-8-18(17(24)12-15)27(13-16-6-2-5-11-25-16)19(29)14-28-20(30)22(26-21(28)31)9-3-1-4-10-22/h2,5-8,11-12H,1,3-4,9-10,13-14H2,(H,26,31). The molecule has 0 bridgehead atoms. The van der Waals surface area contributed by atoms with E-state index in [1.807, 2.05) is 0 Å². The first-order chi connectivity index (χ1) is 14.9. The molecule has 1 N–H and O–H groups in total. The minimum absolute atomic E-state index is 0.100. The molecule has 162 valence electrons. The van der Waals surface area contributed by atoms with Crippen LogP contribution in [0.25, 0.3) is 0 Å². The average molecular weight is 428 g/mol. The van der Waals surface area contributed by atoms with Crippen molar-refractivity contribution in [2.75, 3.05) is 11.4 Å². The predicted molar refractivity (Wildman–Crippen MR) is 108 cm³/mol. The number of halogens is 2. The number of benzene rings is 1. The first kappa shape index (κ1) is 20.9. The second-order valence-electron chi connectivity index (χ2n) is 7.86. The zero-order valence-corrected chi connectivity index (χ0v) is 16.8. The predicted octanol–water partition coefficient (Wildman–Crippen LogP) is 3.15. The van der Waals surface area contributed by atoms with Crippen LogP contribution < -0.4 is 10.2 Å². The average Bonchev–Trinajstić information content (AvgIpc) is 2.97. The molecular formula is C22H22F2N4O3. The fraction of sp³-hybridized carbons (Fsp3) is 0.364. The van der Waals surface area contributed by atoms with Gasteiger partial charge in [-0.15, -0.1) is 0 Å². The zero-order valence-electron chi connectivity index (χ0n) is 16.8. The van der Waals surface area contributed by atoms with Crippen LogP contribution in [-0.4, -0.2) is 39.8 Å². The van der Waals surface area contributed by atoms with Crippen LogP contribution in [0.2, 0.25) is 0 Å². The summed E-state index contributed by atoms with van der Waals surface area (Å²) < 4.78 is 27.9. The van der Waals surface area contributed by atoms with Crippen molar-refractivity contribution in [2.24, 2.45) is 0 Å². The molecule has 1 saturated heterocycles. The smallest absolute Gasteiger partial charge is 0.323 e. The number of imide groups is 1. The molecule has 31 heavy (non-hydrogen) atoms. The number of nitrogens with zero attached hydrogens (tertiary/aromatic N) is 3. The van der Waals surface area contributed by atoms with Gasteiger partial charge in [-0.3, -0.25) is 19.5 Å². The largest absolute Gasteiger partial charge is 0.325 e. The minimum Gasteiger partial charge on any atom is -0.323 e. The van der Waals surface area contributed by atoms with Gasteiger partial charge in [0.2, 0.25) is 5.91 Å². The number of pyridine rings is 1. The fourth-order valence-corrected chi connectivity index (χ4v) is 4.20. The lowest BCUT2D eigenvalue weighted by molar-refractivity contribution is -0.135. The van der Waals surface area contributed by atoms with E-state index in [9.17, 15) is 23.2 Å². The van der Waals surface area contributed by atoms with Crippen molar-refractivity contribution >= 4 is 23.5 Å². The van der Waals surface area contributed by atoms with Gasteiger partial charge in [-0.1, -0.05) is 25.3 Å². The Morgan fingerprint density at radius 1 is 1.13 bits per heavy atom. The molecule has 2 aliphatic rings. The minimum atomic E-state index is -0.956. The second kappa shape index (κ2) is 8.41. The van der Waals surface area contributed by atoms with Crippen molar-refractivity contribution in [3.05, 3.63) is 59.9 Å². The van der Waals surface area contributed by atoms with Crippen molar-refractivity contribution < 1.29 is 23.2 Å². The van der Waals surface area contributed by atoms with Gasteiger partial charge in [0.15, 0.2) is 0 Å². The van der Waals surface area contributed by atoms with Gasteiger partial charge in [0, 0.05) is 12.3 Å². The first-order valence-electron chi connectivity index (χ1n) is 10.2. The molecule has 1 saturated carbocycles. The van der Waals surface area contributed by atoms with Gasteiger partial charge in [0.25, 0.3) is 5.91 Å². The maximum Gasteiger partial charge on any atom is 0.325 e. The Balaban J connectivity index is 1.60. The van der Waals surface area contributed by atoms with Crippen molar-refractivity contribution in [3.8, 4) is 0 Å². The van der Waals surface area contributed by atoms with Crippen LogP contribution in [-0.2, 0) is 16.1 Å². The van der Waals surface area contributed by atoms with Crippen LogP contribution in [0.15, 0.2) is 42.6 Å². The molecule has 2 heterocycles. The molecule has 0 radical (unpaired) electrons. The number of hydrogen-bond donors (Lipinski definition) is 1. The summed E-state index contributed by atoms with van der Waals surface area (Å²) in [6, 6.07) is 7.33. The van der Waals surface area contributed by atoms with Crippen LogP contribution in [0, 0.1) is 11.6 Å². The third-order valence-electron chi connectivity index (χ3n) is 5.79. The van der Waals surface area contributed by atoms with E-state index in [1.54, 1.807) is 18.2 Å². The number of anilines is 1. The molecule has 4 amide bonds. The van der Waals surface area contributed by atoms with Gasteiger partial charge in [-0.05, 0) is 37.1 Å². The maximum atomic E-state index is 14.5. The molecule has 1 aliphatic carbocycles. The first-order valence-corrected chi connectivity index (χ1v) is 10.2. The molecule has 1 aromatic carbocycles. The quantitative estimate of drug-likeness (QED) is 0.742. The lowest BCUT2D eigenvalue weighted by Gasteiger charge is -2.30. The molecule has 2 fully saturated rings. The Hall–Kier alpha value is -3.36. The highest BCUT2D eigenvalue weighted by Gasteiger charge is 2.51. The molecule has 1 aromatic heterocycles. The van der Waals surface area contributed by atoms with Crippen LogP contribution >= 0.6 is 0 Å². The molecular weight excluding hydrogens is 406 g/mol. The van der Waals surface area contributed by atoms with Gasteiger partial charge in [-0.25, -0.2) is 13.6 Å². The van der Waals surface area contributed by atoms with Gasteiger partial charge in [-0.2, -0.15) is 0 Å². The summed E-state index contributed by atoms with van der Waals surface area (Å²) in [5.74, 6) is -2.81. The molecule has 9 heteroatoms. The van der Waals surface area contributed by atoms with Gasteiger partial charge in [0.05, 0.1) is 17.9 Å². The Kier molecular flexibility index (Phi) is 5.67. The lowest BCUT2D eigenvalue weighted by atomic mass is 9.82. The van der Waals surface area contributed by atoms with Crippen LogP contribution in [0.1, 0.15) is 37.8 Å². The molecule has 1 aliphatic heterocycles. The Morgan fingerprint density at radius 3 is 2.58 bits per heavy atom. The van der Waals surface area contributed by atoms with Crippen molar-refractivity contribution in [1.82, 2.24) is 15.2 Å². The number of hydrogen-bond acceptors (Lipinski definition) is 4. The molecule has 2 aromatic rings. The third-order valence-corrected chi connectivity index (χ3v) is 5.79. The van der Waals surface area contributed by atoms with E-state index in [-0.39, 0.29) is 12.2 Å². The molecule has 7 nitrogen and oxygen atoms in total. The van der Waals surface area contributed by atoms with Crippen molar-refractivity contribution in [1.29, 1.82) is 0 Å². The van der Waals surface area contributed by atoms with Gasteiger partial charge < -0.3 is 10.2 Å². The summed E-state index contributed by atoms with van der Waals surface area (Å²) in [5, 5.41) is 2.75. The van der Waals surface area contributed by atoms with E-state index >= 15 is 0 Å². The second-order valence-corrected chi connectivity index (χ2v) is 7.86.